The Hall–Kier alpha value is -2.25. The number of carbonyl (C=O) groups is 1. The summed E-state index contributed by atoms with van der Waals surface area (Å²) >= 11 is 0. The number of amides is 1. The van der Waals surface area contributed by atoms with Crippen LogP contribution in [-0.4, -0.2) is 20.4 Å². The first kappa shape index (κ1) is 23.4. The van der Waals surface area contributed by atoms with Gasteiger partial charge in [-0.3, -0.25) is 4.79 Å². The number of hydrogen-bond acceptors (Lipinski definition) is 3. The molecule has 0 aliphatic heterocycles. The van der Waals surface area contributed by atoms with E-state index in [4.69, 9.17) is 0 Å². The Kier molecular flexibility index (Phi) is 7.49. The van der Waals surface area contributed by atoms with Gasteiger partial charge in [-0.1, -0.05) is 38.1 Å². The highest BCUT2D eigenvalue weighted by molar-refractivity contribution is 7.89. The van der Waals surface area contributed by atoms with Crippen molar-refractivity contribution in [3.05, 3.63) is 65.5 Å². The number of rotatable bonds is 7. The van der Waals surface area contributed by atoms with Crippen LogP contribution in [0.5, 0.6) is 0 Å². The second-order valence-electron chi connectivity index (χ2n) is 8.68. The smallest absolute Gasteiger partial charge is 0.240 e. The molecule has 0 saturated heterocycles. The molecule has 0 bridgehead atoms. The molecule has 168 valence electrons. The van der Waals surface area contributed by atoms with Crippen LogP contribution in [0.3, 0.4) is 0 Å². The van der Waals surface area contributed by atoms with Crippen LogP contribution in [0.25, 0.3) is 0 Å². The van der Waals surface area contributed by atoms with Gasteiger partial charge in [0.1, 0.15) is 5.82 Å². The molecule has 3 rings (SSSR count). The third-order valence-electron chi connectivity index (χ3n) is 6.01. The number of benzene rings is 2. The van der Waals surface area contributed by atoms with Crippen molar-refractivity contribution in [2.45, 2.75) is 69.4 Å². The highest BCUT2D eigenvalue weighted by Crippen LogP contribution is 2.27. The zero-order chi connectivity index (χ0) is 22.6. The van der Waals surface area contributed by atoms with Gasteiger partial charge in [-0.15, -0.1) is 0 Å². The quantitative estimate of drug-likeness (QED) is 0.649. The molecule has 0 spiro atoms. The average molecular weight is 447 g/mol. The summed E-state index contributed by atoms with van der Waals surface area (Å²) in [6.45, 7) is 6.00. The molecule has 0 heterocycles. The van der Waals surface area contributed by atoms with Crippen LogP contribution in [0.4, 0.5) is 4.39 Å². The van der Waals surface area contributed by atoms with Crippen molar-refractivity contribution < 1.29 is 17.6 Å². The fourth-order valence-corrected chi connectivity index (χ4v) is 5.26. The van der Waals surface area contributed by atoms with Gasteiger partial charge < -0.3 is 5.32 Å². The Bertz CT molecular complexity index is 980. The van der Waals surface area contributed by atoms with Gasteiger partial charge in [0.15, 0.2) is 0 Å². The minimum Gasteiger partial charge on any atom is -0.349 e. The lowest BCUT2D eigenvalue weighted by Gasteiger charge is -2.29. The van der Waals surface area contributed by atoms with Crippen molar-refractivity contribution in [1.29, 1.82) is 0 Å². The summed E-state index contributed by atoms with van der Waals surface area (Å²) in [4.78, 5) is 12.9. The van der Waals surface area contributed by atoms with E-state index in [1.54, 1.807) is 24.3 Å². The lowest BCUT2D eigenvalue weighted by atomic mass is 9.85. The molecule has 0 radical (unpaired) electrons. The Balaban J connectivity index is 1.51. The molecule has 2 N–H and O–H groups in total. The summed E-state index contributed by atoms with van der Waals surface area (Å²) in [6.07, 6.45) is 2.49. The van der Waals surface area contributed by atoms with Gasteiger partial charge in [0, 0.05) is 12.0 Å². The molecular formula is C24H31FN2O3S. The first-order chi connectivity index (χ1) is 14.7. The van der Waals surface area contributed by atoms with E-state index in [-0.39, 0.29) is 34.6 Å². The van der Waals surface area contributed by atoms with E-state index >= 15 is 0 Å². The largest absolute Gasteiger partial charge is 0.349 e. The maximum absolute atomic E-state index is 13.1. The van der Waals surface area contributed by atoms with E-state index in [1.165, 1.54) is 12.1 Å². The lowest BCUT2D eigenvalue weighted by Crippen LogP contribution is -2.41. The molecule has 1 atom stereocenters. The highest BCUT2D eigenvalue weighted by atomic mass is 32.2. The first-order valence-electron chi connectivity index (χ1n) is 10.8. The van der Waals surface area contributed by atoms with Crippen LogP contribution in [0, 0.1) is 11.7 Å². The van der Waals surface area contributed by atoms with Gasteiger partial charge in [-0.2, -0.15) is 0 Å². The summed E-state index contributed by atoms with van der Waals surface area (Å²) < 4.78 is 41.3. The van der Waals surface area contributed by atoms with Gasteiger partial charge in [0.25, 0.3) is 0 Å². The van der Waals surface area contributed by atoms with Gasteiger partial charge in [0.2, 0.25) is 15.9 Å². The predicted molar refractivity (Wildman–Crippen MR) is 120 cm³/mol. The molecule has 2 aromatic carbocycles. The fourth-order valence-electron chi connectivity index (χ4n) is 3.96. The summed E-state index contributed by atoms with van der Waals surface area (Å²) in [5.41, 5.74) is 1.94. The van der Waals surface area contributed by atoms with Crippen molar-refractivity contribution in [3.63, 3.8) is 0 Å². The van der Waals surface area contributed by atoms with E-state index < -0.39 is 10.0 Å². The zero-order valence-corrected chi connectivity index (χ0v) is 19.1. The molecule has 1 aliphatic rings. The lowest BCUT2D eigenvalue weighted by molar-refractivity contribution is -0.126. The molecular weight excluding hydrogens is 415 g/mol. The van der Waals surface area contributed by atoms with E-state index in [1.807, 2.05) is 19.1 Å². The number of nitrogens with one attached hydrogen (secondary N) is 2. The summed E-state index contributed by atoms with van der Waals surface area (Å²) in [6, 6.07) is 12.7. The third-order valence-corrected chi connectivity index (χ3v) is 7.54. The van der Waals surface area contributed by atoms with Crippen molar-refractivity contribution in [3.8, 4) is 0 Å². The molecule has 0 aromatic heterocycles. The number of sulfonamides is 1. The molecule has 1 saturated carbocycles. The summed E-state index contributed by atoms with van der Waals surface area (Å²) in [7, 11) is -3.58. The van der Waals surface area contributed by atoms with Crippen LogP contribution < -0.4 is 10.0 Å². The second-order valence-corrected chi connectivity index (χ2v) is 10.4. The number of carbonyl (C=O) groups excluding carboxylic acids is 1. The fraction of sp³-hybridized carbons (Fsp3) is 0.458. The maximum atomic E-state index is 13.1. The zero-order valence-electron chi connectivity index (χ0n) is 18.3. The topological polar surface area (TPSA) is 75.3 Å². The van der Waals surface area contributed by atoms with Gasteiger partial charge in [-0.05, 0) is 73.9 Å². The normalized spacial score (nSPS) is 20.4. The molecule has 5 nitrogen and oxygen atoms in total. The Morgan fingerprint density at radius 3 is 2.00 bits per heavy atom. The average Bonchev–Trinajstić information content (AvgIpc) is 2.74. The van der Waals surface area contributed by atoms with E-state index in [9.17, 15) is 17.6 Å². The Morgan fingerprint density at radius 1 is 0.903 bits per heavy atom. The van der Waals surface area contributed by atoms with Crippen molar-refractivity contribution >= 4 is 15.9 Å². The molecule has 7 heteroatoms. The van der Waals surface area contributed by atoms with Crippen LogP contribution >= 0.6 is 0 Å². The number of halogens is 1. The second kappa shape index (κ2) is 9.92. The SMILES string of the molecule is CC(C)c1ccc(S(=O)(=O)NC2CCC(C(=O)NC(C)c3ccc(F)cc3)CC2)cc1. The van der Waals surface area contributed by atoms with Crippen molar-refractivity contribution in [2.24, 2.45) is 5.92 Å². The molecule has 31 heavy (non-hydrogen) atoms. The monoisotopic (exact) mass is 446 g/mol. The van der Waals surface area contributed by atoms with Gasteiger partial charge >= 0.3 is 0 Å². The minimum atomic E-state index is -3.58. The molecule has 2 aromatic rings. The molecule has 1 aliphatic carbocycles. The van der Waals surface area contributed by atoms with E-state index in [0.29, 0.717) is 31.6 Å². The standard InChI is InChI=1S/C24H31FN2O3S/c1-16(2)18-8-14-23(15-9-18)31(29,30)27-22-12-6-20(7-13-22)24(28)26-17(3)19-4-10-21(25)11-5-19/h4-5,8-11,14-17,20,22,27H,6-7,12-13H2,1-3H3,(H,26,28). The summed E-state index contributed by atoms with van der Waals surface area (Å²) in [5.74, 6) is -0.146. The van der Waals surface area contributed by atoms with Crippen LogP contribution in [0.15, 0.2) is 53.4 Å². The number of hydrogen-bond donors (Lipinski definition) is 2. The minimum absolute atomic E-state index is 0.0394. The highest BCUT2D eigenvalue weighted by Gasteiger charge is 2.29. The van der Waals surface area contributed by atoms with Crippen molar-refractivity contribution in [2.75, 3.05) is 0 Å². The molecule has 1 amide bonds. The molecule has 1 unspecified atom stereocenters. The van der Waals surface area contributed by atoms with Crippen molar-refractivity contribution in [1.82, 2.24) is 10.0 Å². The van der Waals surface area contributed by atoms with E-state index in [2.05, 4.69) is 23.9 Å². The Morgan fingerprint density at radius 2 is 1.45 bits per heavy atom. The van der Waals surface area contributed by atoms with E-state index in [0.717, 1.165) is 11.1 Å². The predicted octanol–water partition coefficient (Wildman–Crippen LogP) is 4.66. The first-order valence-corrected chi connectivity index (χ1v) is 12.3. The summed E-state index contributed by atoms with van der Waals surface area (Å²) in [5, 5.41) is 2.99. The van der Waals surface area contributed by atoms with Crippen LogP contribution in [0.2, 0.25) is 0 Å². The Labute approximate surface area is 184 Å². The molecule has 1 fully saturated rings. The maximum Gasteiger partial charge on any atom is 0.240 e. The van der Waals surface area contributed by atoms with Gasteiger partial charge in [-0.25, -0.2) is 17.5 Å². The van der Waals surface area contributed by atoms with Crippen LogP contribution in [0.1, 0.15) is 69.5 Å². The third kappa shape index (κ3) is 6.14. The van der Waals surface area contributed by atoms with Gasteiger partial charge in [0.05, 0.1) is 10.9 Å². The van der Waals surface area contributed by atoms with Crippen LogP contribution in [-0.2, 0) is 14.8 Å².